The molecule has 0 radical (unpaired) electrons. The highest BCUT2D eigenvalue weighted by Gasteiger charge is 2.13. The smallest absolute Gasteiger partial charge is 0.246 e. The van der Waals surface area contributed by atoms with Crippen LogP contribution in [0.5, 0.6) is 5.75 Å². The number of allylic oxidation sites excluding steroid dienone is 2. The summed E-state index contributed by atoms with van der Waals surface area (Å²) in [7, 11) is 0. The van der Waals surface area contributed by atoms with E-state index in [0.717, 1.165) is 11.3 Å². The van der Waals surface area contributed by atoms with Gasteiger partial charge in [-0.2, -0.15) is 0 Å². The first-order valence-corrected chi connectivity index (χ1v) is 7.63. The van der Waals surface area contributed by atoms with E-state index in [-0.39, 0.29) is 12.0 Å². The van der Waals surface area contributed by atoms with Gasteiger partial charge in [0.1, 0.15) is 5.75 Å². The van der Waals surface area contributed by atoms with Crippen LogP contribution in [0.1, 0.15) is 19.4 Å². The molecule has 4 heteroatoms. The van der Waals surface area contributed by atoms with Crippen LogP contribution in [0.2, 0.25) is 0 Å². The van der Waals surface area contributed by atoms with Gasteiger partial charge in [0.15, 0.2) is 0 Å². The SMILES string of the molecule is CC(C)Oc1ccc(C=CC=CC(=O)N2CCOCC2)cc1. The topological polar surface area (TPSA) is 38.8 Å². The summed E-state index contributed by atoms with van der Waals surface area (Å²) >= 11 is 0. The Morgan fingerprint density at radius 2 is 1.86 bits per heavy atom. The lowest BCUT2D eigenvalue weighted by atomic mass is 10.2. The zero-order valence-corrected chi connectivity index (χ0v) is 13.2. The van der Waals surface area contributed by atoms with E-state index in [9.17, 15) is 4.79 Å². The van der Waals surface area contributed by atoms with Crippen molar-refractivity contribution in [1.29, 1.82) is 0 Å². The standard InChI is InChI=1S/C18H23NO3/c1-15(2)22-17-9-7-16(8-10-17)5-3-4-6-18(20)19-11-13-21-14-12-19/h3-10,15H,11-14H2,1-2H3. The molecule has 1 amide bonds. The average Bonchev–Trinajstić information content (AvgIpc) is 2.53. The average molecular weight is 301 g/mol. The highest BCUT2D eigenvalue weighted by Crippen LogP contribution is 2.14. The highest BCUT2D eigenvalue weighted by molar-refractivity contribution is 5.88. The number of benzene rings is 1. The Kier molecular flexibility index (Phi) is 6.22. The molecule has 22 heavy (non-hydrogen) atoms. The van der Waals surface area contributed by atoms with Crippen LogP contribution < -0.4 is 4.74 Å². The van der Waals surface area contributed by atoms with Crippen molar-refractivity contribution in [1.82, 2.24) is 4.90 Å². The van der Waals surface area contributed by atoms with Crippen LogP contribution in [0.3, 0.4) is 0 Å². The first-order valence-electron chi connectivity index (χ1n) is 7.63. The summed E-state index contributed by atoms with van der Waals surface area (Å²) in [5.41, 5.74) is 1.07. The third kappa shape index (κ3) is 5.37. The van der Waals surface area contributed by atoms with Gasteiger partial charge in [-0.3, -0.25) is 4.79 Å². The minimum Gasteiger partial charge on any atom is -0.491 e. The maximum atomic E-state index is 11.9. The third-order valence-corrected chi connectivity index (χ3v) is 3.21. The van der Waals surface area contributed by atoms with Gasteiger partial charge in [-0.25, -0.2) is 0 Å². The van der Waals surface area contributed by atoms with Crippen molar-refractivity contribution in [2.24, 2.45) is 0 Å². The molecule has 118 valence electrons. The molecule has 0 spiro atoms. The number of carbonyl (C=O) groups is 1. The van der Waals surface area contributed by atoms with Gasteiger partial charge in [-0.1, -0.05) is 30.4 Å². The fourth-order valence-electron chi connectivity index (χ4n) is 2.12. The van der Waals surface area contributed by atoms with Crippen molar-refractivity contribution >= 4 is 12.0 Å². The molecule has 1 saturated heterocycles. The van der Waals surface area contributed by atoms with Crippen LogP contribution in [0.15, 0.2) is 42.5 Å². The van der Waals surface area contributed by atoms with Crippen LogP contribution in [-0.2, 0) is 9.53 Å². The highest BCUT2D eigenvalue weighted by atomic mass is 16.5. The van der Waals surface area contributed by atoms with Crippen molar-refractivity contribution in [3.63, 3.8) is 0 Å². The predicted molar refractivity (Wildman–Crippen MR) is 87.8 cm³/mol. The summed E-state index contributed by atoms with van der Waals surface area (Å²) in [6.45, 7) is 6.60. The van der Waals surface area contributed by atoms with Gasteiger partial charge in [0.25, 0.3) is 0 Å². The quantitative estimate of drug-likeness (QED) is 0.620. The van der Waals surface area contributed by atoms with E-state index in [1.807, 2.05) is 50.3 Å². The van der Waals surface area contributed by atoms with Gasteiger partial charge >= 0.3 is 0 Å². The molecule has 0 N–H and O–H groups in total. The Morgan fingerprint density at radius 1 is 1.18 bits per heavy atom. The molecule has 0 aromatic heterocycles. The lowest BCUT2D eigenvalue weighted by Gasteiger charge is -2.25. The predicted octanol–water partition coefficient (Wildman–Crippen LogP) is 2.90. The first kappa shape index (κ1) is 16.3. The van der Waals surface area contributed by atoms with Crippen LogP contribution >= 0.6 is 0 Å². The molecule has 1 aliphatic rings. The molecule has 0 unspecified atom stereocenters. The molecule has 4 nitrogen and oxygen atoms in total. The summed E-state index contributed by atoms with van der Waals surface area (Å²) in [5, 5.41) is 0. The summed E-state index contributed by atoms with van der Waals surface area (Å²) in [5.74, 6) is 0.902. The lowest BCUT2D eigenvalue weighted by molar-refractivity contribution is -0.129. The number of ether oxygens (including phenoxy) is 2. The second kappa shape index (κ2) is 8.39. The van der Waals surface area contributed by atoms with Crippen molar-refractivity contribution in [3.8, 4) is 5.75 Å². The first-order chi connectivity index (χ1) is 10.6. The van der Waals surface area contributed by atoms with Gasteiger partial charge in [0, 0.05) is 19.2 Å². The van der Waals surface area contributed by atoms with Crippen molar-refractivity contribution in [2.75, 3.05) is 26.3 Å². The van der Waals surface area contributed by atoms with E-state index in [1.54, 1.807) is 17.1 Å². The Bertz CT molecular complexity index is 526. The molecule has 1 heterocycles. The summed E-state index contributed by atoms with van der Waals surface area (Å²) < 4.78 is 10.8. The van der Waals surface area contributed by atoms with Crippen LogP contribution in [0.25, 0.3) is 6.08 Å². The molecular weight excluding hydrogens is 278 g/mol. The summed E-state index contributed by atoms with van der Waals surface area (Å²) in [4.78, 5) is 13.7. The van der Waals surface area contributed by atoms with Crippen molar-refractivity contribution in [2.45, 2.75) is 20.0 Å². The zero-order valence-electron chi connectivity index (χ0n) is 13.2. The van der Waals surface area contributed by atoms with Gasteiger partial charge < -0.3 is 14.4 Å². The summed E-state index contributed by atoms with van der Waals surface area (Å²) in [6.07, 6.45) is 7.38. The number of amides is 1. The van der Waals surface area contributed by atoms with Gasteiger partial charge in [0.05, 0.1) is 19.3 Å². The molecule has 0 bridgehead atoms. The summed E-state index contributed by atoms with van der Waals surface area (Å²) in [6, 6.07) is 7.88. The number of carbonyl (C=O) groups excluding carboxylic acids is 1. The second-order valence-electron chi connectivity index (χ2n) is 5.39. The van der Waals surface area contributed by atoms with Crippen molar-refractivity contribution in [3.05, 3.63) is 48.1 Å². The van der Waals surface area contributed by atoms with E-state index in [0.29, 0.717) is 26.3 Å². The van der Waals surface area contributed by atoms with Crippen molar-refractivity contribution < 1.29 is 14.3 Å². The van der Waals surface area contributed by atoms with E-state index >= 15 is 0 Å². The number of hydrogen-bond acceptors (Lipinski definition) is 3. The molecule has 0 aliphatic carbocycles. The van der Waals surface area contributed by atoms with Crippen LogP contribution in [-0.4, -0.2) is 43.2 Å². The maximum Gasteiger partial charge on any atom is 0.246 e. The Morgan fingerprint density at radius 3 is 2.50 bits per heavy atom. The number of hydrogen-bond donors (Lipinski definition) is 0. The number of rotatable bonds is 5. The van der Waals surface area contributed by atoms with Crippen LogP contribution in [0, 0.1) is 0 Å². The van der Waals surface area contributed by atoms with E-state index < -0.39 is 0 Å². The molecule has 1 fully saturated rings. The Balaban J connectivity index is 1.83. The third-order valence-electron chi connectivity index (χ3n) is 3.21. The molecule has 2 rings (SSSR count). The van der Waals surface area contributed by atoms with Gasteiger partial charge in [0.2, 0.25) is 5.91 Å². The Hall–Kier alpha value is -2.07. The van der Waals surface area contributed by atoms with Gasteiger partial charge in [-0.15, -0.1) is 0 Å². The monoisotopic (exact) mass is 301 g/mol. The van der Waals surface area contributed by atoms with E-state index in [4.69, 9.17) is 9.47 Å². The molecular formula is C18H23NO3. The molecule has 1 aliphatic heterocycles. The molecule has 0 saturated carbocycles. The Labute approximate surface area is 132 Å². The number of morpholine rings is 1. The lowest BCUT2D eigenvalue weighted by Crippen LogP contribution is -2.39. The minimum absolute atomic E-state index is 0.0358. The van der Waals surface area contributed by atoms with Crippen LogP contribution in [0.4, 0.5) is 0 Å². The normalized spacial score (nSPS) is 15.9. The fraction of sp³-hybridized carbons (Fsp3) is 0.389. The molecule has 0 atom stereocenters. The number of nitrogens with zero attached hydrogens (tertiary/aromatic N) is 1. The maximum absolute atomic E-state index is 11.9. The molecule has 1 aromatic carbocycles. The second-order valence-corrected chi connectivity index (χ2v) is 5.39. The molecule has 1 aromatic rings. The fourth-order valence-corrected chi connectivity index (χ4v) is 2.12. The van der Waals surface area contributed by atoms with E-state index in [2.05, 4.69) is 0 Å². The largest absolute Gasteiger partial charge is 0.491 e. The minimum atomic E-state index is 0.0358. The zero-order chi connectivity index (χ0) is 15.8. The van der Waals surface area contributed by atoms with E-state index in [1.165, 1.54) is 0 Å². The van der Waals surface area contributed by atoms with Gasteiger partial charge in [-0.05, 0) is 31.5 Å².